The maximum atomic E-state index is 14.2. The molecule has 4 aromatic rings. The van der Waals surface area contributed by atoms with Crippen molar-refractivity contribution in [3.63, 3.8) is 0 Å². The molecule has 2 aromatic heterocycles. The molecule has 38 heavy (non-hydrogen) atoms. The Morgan fingerprint density at radius 3 is 2.58 bits per heavy atom. The van der Waals surface area contributed by atoms with E-state index >= 15 is 0 Å². The number of fused-ring (bicyclic) bond motifs is 1. The summed E-state index contributed by atoms with van der Waals surface area (Å²) in [5.41, 5.74) is 14.1. The van der Waals surface area contributed by atoms with E-state index in [4.69, 9.17) is 11.5 Å². The molecule has 0 radical (unpaired) electrons. The highest BCUT2D eigenvalue weighted by atomic mass is 32.1. The van der Waals surface area contributed by atoms with Crippen LogP contribution in [0.4, 0.5) is 11.4 Å². The van der Waals surface area contributed by atoms with E-state index < -0.39 is 17.9 Å². The Labute approximate surface area is 224 Å². The van der Waals surface area contributed by atoms with Crippen molar-refractivity contribution < 1.29 is 14.4 Å². The van der Waals surface area contributed by atoms with Gasteiger partial charge in [0.25, 0.3) is 11.8 Å². The lowest BCUT2D eigenvalue weighted by molar-refractivity contribution is -0.123. The number of anilines is 2. The van der Waals surface area contributed by atoms with Gasteiger partial charge in [0.05, 0.1) is 11.2 Å². The van der Waals surface area contributed by atoms with Crippen molar-refractivity contribution in [1.29, 1.82) is 0 Å². The predicted molar refractivity (Wildman–Crippen MR) is 148 cm³/mol. The second-order valence-corrected chi connectivity index (χ2v) is 10.3. The maximum absolute atomic E-state index is 14.2. The first-order chi connectivity index (χ1) is 18.3. The van der Waals surface area contributed by atoms with Crippen LogP contribution >= 0.6 is 11.5 Å². The number of rotatable bonds is 7. The van der Waals surface area contributed by atoms with Gasteiger partial charge < -0.3 is 16.8 Å². The Morgan fingerprint density at radius 1 is 1.08 bits per heavy atom. The molecule has 10 heteroatoms. The van der Waals surface area contributed by atoms with Gasteiger partial charge in [-0.2, -0.15) is 4.37 Å². The second kappa shape index (κ2) is 10.6. The molecule has 0 aliphatic heterocycles. The average Bonchev–Trinajstić information content (AvgIpc) is 3.56. The van der Waals surface area contributed by atoms with Crippen LogP contribution in [-0.2, 0) is 4.79 Å². The van der Waals surface area contributed by atoms with E-state index in [9.17, 15) is 14.4 Å². The standard InChI is InChI=1S/C28H28N6O3S/c1-16-6-4-10-20(14-16)34(28(37)25-22(29)23(26(30)35)33-38-25)24(27(36)32-19-8-2-3-9-19)18-11-12-21-17(15-18)7-5-13-31-21/h4-7,10-15,19,24H,2-3,8-9,29H2,1H3,(H2,30,35)(H,32,36)/t24-/m1/s1. The largest absolute Gasteiger partial charge is 0.395 e. The summed E-state index contributed by atoms with van der Waals surface area (Å²) in [5.74, 6) is -1.67. The first-order valence-electron chi connectivity index (χ1n) is 12.4. The summed E-state index contributed by atoms with van der Waals surface area (Å²) in [6.45, 7) is 1.91. The fourth-order valence-electron chi connectivity index (χ4n) is 4.93. The number of pyridine rings is 1. The minimum Gasteiger partial charge on any atom is -0.395 e. The third-order valence-electron chi connectivity index (χ3n) is 6.81. The third kappa shape index (κ3) is 4.95. The van der Waals surface area contributed by atoms with E-state index in [0.717, 1.165) is 53.7 Å². The highest BCUT2D eigenvalue weighted by molar-refractivity contribution is 7.09. The highest BCUT2D eigenvalue weighted by Crippen LogP contribution is 2.35. The molecule has 0 bridgehead atoms. The van der Waals surface area contributed by atoms with Crippen LogP contribution in [0.15, 0.2) is 60.8 Å². The molecule has 2 aromatic carbocycles. The molecular formula is C28H28N6O3S. The summed E-state index contributed by atoms with van der Waals surface area (Å²) in [6.07, 6.45) is 5.58. The topological polar surface area (TPSA) is 144 Å². The number of carbonyl (C=O) groups excluding carboxylic acids is 3. The maximum Gasteiger partial charge on any atom is 0.273 e. The van der Waals surface area contributed by atoms with Gasteiger partial charge in [-0.25, -0.2) is 0 Å². The zero-order valence-electron chi connectivity index (χ0n) is 20.9. The molecule has 1 aliphatic carbocycles. The number of hydrogen-bond donors (Lipinski definition) is 3. The average molecular weight is 529 g/mol. The Bertz CT molecular complexity index is 1530. The van der Waals surface area contributed by atoms with Gasteiger partial charge in [-0.3, -0.25) is 24.3 Å². The van der Waals surface area contributed by atoms with Gasteiger partial charge >= 0.3 is 0 Å². The zero-order chi connectivity index (χ0) is 26.8. The normalized spacial score (nSPS) is 14.3. The van der Waals surface area contributed by atoms with Crippen LogP contribution in [0.1, 0.15) is 63.0 Å². The second-order valence-electron chi connectivity index (χ2n) is 9.50. The number of primary amides is 1. The Morgan fingerprint density at radius 2 is 1.87 bits per heavy atom. The smallest absolute Gasteiger partial charge is 0.273 e. The number of aryl methyl sites for hydroxylation is 1. The molecule has 2 heterocycles. The van der Waals surface area contributed by atoms with Crippen LogP contribution in [0.3, 0.4) is 0 Å². The number of aromatic nitrogens is 2. The molecular weight excluding hydrogens is 500 g/mol. The van der Waals surface area contributed by atoms with Crippen LogP contribution in [0.5, 0.6) is 0 Å². The molecule has 1 atom stereocenters. The quantitative estimate of drug-likeness (QED) is 0.329. The zero-order valence-corrected chi connectivity index (χ0v) is 21.7. The molecule has 0 unspecified atom stereocenters. The lowest BCUT2D eigenvalue weighted by Crippen LogP contribution is -2.46. The van der Waals surface area contributed by atoms with Crippen molar-refractivity contribution in [2.75, 3.05) is 10.6 Å². The number of nitrogen functional groups attached to an aromatic ring is 1. The molecule has 1 aliphatic rings. The van der Waals surface area contributed by atoms with E-state index in [1.807, 2.05) is 55.5 Å². The van der Waals surface area contributed by atoms with Crippen LogP contribution in [0.2, 0.25) is 0 Å². The SMILES string of the molecule is Cc1cccc(N(C(=O)c2snc(C(N)=O)c2N)[C@@H](C(=O)NC2CCCC2)c2ccc3ncccc3c2)c1. The van der Waals surface area contributed by atoms with Crippen molar-refractivity contribution in [2.45, 2.75) is 44.7 Å². The fourth-order valence-corrected chi connectivity index (χ4v) is 5.67. The third-order valence-corrected chi connectivity index (χ3v) is 7.66. The van der Waals surface area contributed by atoms with Crippen LogP contribution < -0.4 is 21.7 Å². The molecule has 0 spiro atoms. The molecule has 194 valence electrons. The van der Waals surface area contributed by atoms with Gasteiger partial charge in [0.1, 0.15) is 10.9 Å². The summed E-state index contributed by atoms with van der Waals surface area (Å²) in [4.78, 5) is 45.9. The number of nitrogens with one attached hydrogen (secondary N) is 1. The molecule has 0 saturated heterocycles. The van der Waals surface area contributed by atoms with E-state index in [-0.39, 0.29) is 28.2 Å². The monoisotopic (exact) mass is 528 g/mol. The van der Waals surface area contributed by atoms with Crippen molar-refractivity contribution in [2.24, 2.45) is 5.73 Å². The lowest BCUT2D eigenvalue weighted by Gasteiger charge is -2.32. The molecule has 1 fully saturated rings. The molecule has 1 saturated carbocycles. The Hall–Kier alpha value is -4.31. The number of amides is 3. The Balaban J connectivity index is 1.68. The van der Waals surface area contributed by atoms with Gasteiger partial charge in [0, 0.05) is 23.3 Å². The fraction of sp³-hybridized carbons (Fsp3) is 0.250. The number of carbonyl (C=O) groups is 3. The summed E-state index contributed by atoms with van der Waals surface area (Å²) >= 11 is 0.791. The first kappa shape index (κ1) is 25.3. The van der Waals surface area contributed by atoms with Crippen LogP contribution in [0, 0.1) is 6.92 Å². The van der Waals surface area contributed by atoms with Crippen molar-refractivity contribution in [1.82, 2.24) is 14.7 Å². The number of nitrogens with zero attached hydrogens (tertiary/aromatic N) is 3. The summed E-state index contributed by atoms with van der Waals surface area (Å²) in [5, 5.41) is 4.01. The molecule has 9 nitrogen and oxygen atoms in total. The van der Waals surface area contributed by atoms with Gasteiger partial charge in [-0.1, -0.05) is 37.1 Å². The minimum atomic E-state index is -1.02. The highest BCUT2D eigenvalue weighted by Gasteiger charge is 2.37. The van der Waals surface area contributed by atoms with E-state index in [2.05, 4.69) is 14.7 Å². The lowest BCUT2D eigenvalue weighted by atomic mass is 9.99. The predicted octanol–water partition coefficient (Wildman–Crippen LogP) is 4.13. The number of nitrogens with two attached hydrogens (primary N) is 2. The van der Waals surface area contributed by atoms with E-state index in [0.29, 0.717) is 11.3 Å². The molecule has 3 amide bonds. The van der Waals surface area contributed by atoms with Gasteiger partial charge in [0.15, 0.2) is 5.69 Å². The van der Waals surface area contributed by atoms with Crippen molar-refractivity contribution >= 4 is 51.5 Å². The molecule has 5 N–H and O–H groups in total. The van der Waals surface area contributed by atoms with Gasteiger partial charge in [-0.05, 0) is 72.8 Å². The first-order valence-corrected chi connectivity index (χ1v) is 13.2. The number of hydrogen-bond acceptors (Lipinski definition) is 7. The summed E-state index contributed by atoms with van der Waals surface area (Å²) in [7, 11) is 0. The summed E-state index contributed by atoms with van der Waals surface area (Å²) < 4.78 is 4.02. The van der Waals surface area contributed by atoms with Crippen molar-refractivity contribution in [3.8, 4) is 0 Å². The van der Waals surface area contributed by atoms with Crippen LogP contribution in [0.25, 0.3) is 10.9 Å². The van der Waals surface area contributed by atoms with Crippen molar-refractivity contribution in [3.05, 3.63) is 82.5 Å². The minimum absolute atomic E-state index is 0.0384. The molecule has 5 rings (SSSR count). The van der Waals surface area contributed by atoms with Gasteiger partial charge in [-0.15, -0.1) is 0 Å². The Kier molecular flexibility index (Phi) is 7.06. The van der Waals surface area contributed by atoms with Gasteiger partial charge in [0.2, 0.25) is 5.91 Å². The van der Waals surface area contributed by atoms with E-state index in [1.54, 1.807) is 12.3 Å². The summed E-state index contributed by atoms with van der Waals surface area (Å²) in [6, 6.07) is 15.6. The number of benzene rings is 2. The van der Waals surface area contributed by atoms with Crippen LogP contribution in [-0.4, -0.2) is 33.1 Å². The van der Waals surface area contributed by atoms with E-state index in [1.165, 1.54) is 4.90 Å².